The van der Waals surface area contributed by atoms with Gasteiger partial charge in [-0.2, -0.15) is 26.3 Å². The molecule has 6 nitrogen and oxygen atoms in total. The highest BCUT2D eigenvalue weighted by atomic mass is 19.4. The van der Waals surface area contributed by atoms with Gasteiger partial charge in [0.2, 0.25) is 0 Å². The first-order valence-electron chi connectivity index (χ1n) is 7.86. The number of furan rings is 1. The average Bonchev–Trinajstić information content (AvgIpc) is 2.94. The molecule has 158 valence electrons. The number of nitrogens with one attached hydrogen (secondary N) is 2. The lowest BCUT2D eigenvalue weighted by atomic mass is 10.1. The Labute approximate surface area is 159 Å². The second-order valence-corrected chi connectivity index (χ2v) is 5.86. The van der Waals surface area contributed by atoms with Crippen molar-refractivity contribution in [2.75, 3.05) is 6.61 Å². The van der Waals surface area contributed by atoms with Crippen LogP contribution >= 0.6 is 0 Å². The van der Waals surface area contributed by atoms with E-state index in [-0.39, 0.29) is 17.4 Å². The minimum absolute atomic E-state index is 0.0671. The molecule has 29 heavy (non-hydrogen) atoms. The number of benzene rings is 1. The van der Waals surface area contributed by atoms with Gasteiger partial charge in [0.1, 0.15) is 17.3 Å². The molecule has 0 saturated carbocycles. The third-order valence-electron chi connectivity index (χ3n) is 3.53. The zero-order valence-electron chi connectivity index (χ0n) is 14.9. The smallest absolute Gasteiger partial charge is 0.416 e. The minimum atomic E-state index is -5.05. The van der Waals surface area contributed by atoms with Crippen molar-refractivity contribution in [3.05, 3.63) is 52.5 Å². The van der Waals surface area contributed by atoms with Gasteiger partial charge in [-0.15, -0.1) is 0 Å². The molecule has 0 spiro atoms. The van der Waals surface area contributed by atoms with Crippen LogP contribution in [0.2, 0.25) is 0 Å². The lowest BCUT2D eigenvalue weighted by Crippen LogP contribution is -2.43. The van der Waals surface area contributed by atoms with Gasteiger partial charge >= 0.3 is 12.4 Å². The summed E-state index contributed by atoms with van der Waals surface area (Å²) >= 11 is 0. The molecule has 0 radical (unpaired) electrons. The standard InChI is InChI=1S/C17H14F6N2O4/c1-8-3-13(9(2)29-8)15(27)25-24-14(26)7-28-12-5-10(16(18,19)20)4-11(6-12)17(21,22)23/h3-6H,7H2,1-2H3,(H,24,26)(H,25,27). The van der Waals surface area contributed by atoms with Gasteiger partial charge < -0.3 is 9.15 Å². The number of aryl methyl sites for hydroxylation is 2. The zero-order chi connectivity index (χ0) is 22.0. The topological polar surface area (TPSA) is 80.6 Å². The summed E-state index contributed by atoms with van der Waals surface area (Å²) < 4.78 is 86.6. The van der Waals surface area contributed by atoms with Crippen molar-refractivity contribution in [3.8, 4) is 5.75 Å². The lowest BCUT2D eigenvalue weighted by molar-refractivity contribution is -0.143. The summed E-state index contributed by atoms with van der Waals surface area (Å²) in [5, 5.41) is 0. The maximum absolute atomic E-state index is 12.8. The highest BCUT2D eigenvalue weighted by molar-refractivity contribution is 5.96. The van der Waals surface area contributed by atoms with Crippen LogP contribution < -0.4 is 15.6 Å². The normalized spacial score (nSPS) is 11.9. The molecule has 0 aliphatic rings. The van der Waals surface area contributed by atoms with E-state index in [0.717, 1.165) is 0 Å². The van der Waals surface area contributed by atoms with E-state index >= 15 is 0 Å². The van der Waals surface area contributed by atoms with Crippen LogP contribution in [0.5, 0.6) is 5.75 Å². The van der Waals surface area contributed by atoms with Gasteiger partial charge in [-0.3, -0.25) is 20.4 Å². The number of hydrogen-bond acceptors (Lipinski definition) is 4. The molecule has 12 heteroatoms. The second kappa shape index (κ2) is 8.05. The third kappa shape index (κ3) is 5.90. The molecular formula is C17H14F6N2O4. The SMILES string of the molecule is Cc1cc(C(=O)NNC(=O)COc2cc(C(F)(F)F)cc(C(F)(F)F)c2)c(C)o1. The van der Waals surface area contributed by atoms with Gasteiger partial charge in [0, 0.05) is 0 Å². The molecule has 0 aliphatic heterocycles. The van der Waals surface area contributed by atoms with Crippen LogP contribution in [0.15, 0.2) is 28.7 Å². The largest absolute Gasteiger partial charge is 0.484 e. The molecule has 0 saturated heterocycles. The van der Waals surface area contributed by atoms with E-state index in [1.54, 1.807) is 6.92 Å². The molecule has 0 fully saturated rings. The predicted octanol–water partition coefficient (Wildman–Crippen LogP) is 3.77. The van der Waals surface area contributed by atoms with Crippen LogP contribution in [0, 0.1) is 13.8 Å². The van der Waals surface area contributed by atoms with E-state index in [4.69, 9.17) is 9.15 Å². The van der Waals surface area contributed by atoms with Crippen molar-refractivity contribution in [3.63, 3.8) is 0 Å². The van der Waals surface area contributed by atoms with Gasteiger partial charge in [0.05, 0.1) is 16.7 Å². The Hall–Kier alpha value is -3.18. The van der Waals surface area contributed by atoms with Crippen molar-refractivity contribution < 1.29 is 45.1 Å². The van der Waals surface area contributed by atoms with E-state index in [2.05, 4.69) is 0 Å². The molecule has 0 bridgehead atoms. The Kier molecular flexibility index (Phi) is 6.14. The van der Waals surface area contributed by atoms with E-state index in [1.807, 2.05) is 10.9 Å². The molecule has 1 aromatic carbocycles. The average molecular weight is 424 g/mol. The fourth-order valence-electron chi connectivity index (χ4n) is 2.24. The number of ether oxygens (including phenoxy) is 1. The van der Waals surface area contributed by atoms with Crippen molar-refractivity contribution in [1.82, 2.24) is 10.9 Å². The van der Waals surface area contributed by atoms with Crippen LogP contribution in [0.3, 0.4) is 0 Å². The molecule has 0 unspecified atom stereocenters. The Bertz CT molecular complexity index is 885. The van der Waals surface area contributed by atoms with Gasteiger partial charge in [-0.05, 0) is 38.1 Å². The van der Waals surface area contributed by atoms with E-state index in [9.17, 15) is 35.9 Å². The first-order valence-corrected chi connectivity index (χ1v) is 7.86. The van der Waals surface area contributed by atoms with Crippen molar-refractivity contribution in [2.24, 2.45) is 0 Å². The predicted molar refractivity (Wildman–Crippen MR) is 85.7 cm³/mol. The summed E-state index contributed by atoms with van der Waals surface area (Å²) in [6.45, 7) is 2.17. The van der Waals surface area contributed by atoms with E-state index in [1.165, 1.54) is 13.0 Å². The summed E-state index contributed by atoms with van der Waals surface area (Å²) in [4.78, 5) is 23.6. The van der Waals surface area contributed by atoms with Crippen LogP contribution in [0.4, 0.5) is 26.3 Å². The Morgan fingerprint density at radius 3 is 1.93 bits per heavy atom. The van der Waals surface area contributed by atoms with Gasteiger partial charge in [0.25, 0.3) is 11.8 Å². The Morgan fingerprint density at radius 2 is 1.48 bits per heavy atom. The number of hydrogen-bond donors (Lipinski definition) is 2. The molecule has 2 aromatic rings. The van der Waals surface area contributed by atoms with Crippen LogP contribution in [-0.4, -0.2) is 18.4 Å². The summed E-state index contributed by atoms with van der Waals surface area (Å²) in [7, 11) is 0. The molecule has 2 amide bonds. The van der Waals surface area contributed by atoms with Crippen LogP contribution in [0.25, 0.3) is 0 Å². The fourth-order valence-corrected chi connectivity index (χ4v) is 2.24. The summed E-state index contributed by atoms with van der Waals surface area (Å²) in [6.07, 6.45) is -10.1. The number of carbonyl (C=O) groups excluding carboxylic acids is 2. The zero-order valence-corrected chi connectivity index (χ0v) is 14.9. The molecule has 2 rings (SSSR count). The third-order valence-corrected chi connectivity index (χ3v) is 3.53. The second-order valence-electron chi connectivity index (χ2n) is 5.86. The van der Waals surface area contributed by atoms with E-state index < -0.39 is 47.7 Å². The maximum atomic E-state index is 12.8. The first kappa shape index (κ1) is 22.1. The lowest BCUT2D eigenvalue weighted by Gasteiger charge is -2.14. The number of alkyl halides is 6. The summed E-state index contributed by atoms with van der Waals surface area (Å²) in [5.41, 5.74) is 0.922. The van der Waals surface area contributed by atoms with Gasteiger partial charge in [-0.25, -0.2) is 0 Å². The van der Waals surface area contributed by atoms with Crippen LogP contribution in [-0.2, 0) is 17.1 Å². The number of hydrazine groups is 1. The molecular weight excluding hydrogens is 410 g/mol. The Balaban J connectivity index is 2.02. The monoisotopic (exact) mass is 424 g/mol. The maximum Gasteiger partial charge on any atom is 0.416 e. The number of halogens is 6. The number of amides is 2. The van der Waals surface area contributed by atoms with Crippen LogP contribution in [0.1, 0.15) is 33.0 Å². The van der Waals surface area contributed by atoms with Gasteiger partial charge in [-0.1, -0.05) is 0 Å². The number of carbonyl (C=O) groups is 2. The van der Waals surface area contributed by atoms with Crippen molar-refractivity contribution in [1.29, 1.82) is 0 Å². The molecule has 2 N–H and O–H groups in total. The summed E-state index contributed by atoms with van der Waals surface area (Å²) in [5.74, 6) is -1.82. The minimum Gasteiger partial charge on any atom is -0.484 e. The molecule has 1 aromatic heterocycles. The van der Waals surface area contributed by atoms with Crippen molar-refractivity contribution in [2.45, 2.75) is 26.2 Å². The highest BCUT2D eigenvalue weighted by Crippen LogP contribution is 2.38. The molecule has 0 atom stereocenters. The first-order chi connectivity index (χ1) is 13.3. The molecule has 0 aliphatic carbocycles. The number of rotatable bonds is 4. The highest BCUT2D eigenvalue weighted by Gasteiger charge is 2.37. The van der Waals surface area contributed by atoms with Crippen molar-refractivity contribution >= 4 is 11.8 Å². The quantitative estimate of drug-likeness (QED) is 0.579. The summed E-state index contributed by atoms with van der Waals surface area (Å²) in [6, 6.07) is 2.01. The Morgan fingerprint density at radius 1 is 0.931 bits per heavy atom. The van der Waals surface area contributed by atoms with Gasteiger partial charge in [0.15, 0.2) is 6.61 Å². The fraction of sp³-hybridized carbons (Fsp3) is 0.294. The molecule has 1 heterocycles. The van der Waals surface area contributed by atoms with E-state index in [0.29, 0.717) is 17.9 Å².